The lowest BCUT2D eigenvalue weighted by Gasteiger charge is -2.34. The maximum atomic E-state index is 10.9. The van der Waals surface area contributed by atoms with Crippen LogP contribution in [-0.2, 0) is 0 Å². The lowest BCUT2D eigenvalue weighted by molar-refractivity contribution is -0.385. The first-order valence-corrected chi connectivity index (χ1v) is 6.77. The Labute approximate surface area is 146 Å². The Kier molecular flexibility index (Phi) is 9.33. The van der Waals surface area contributed by atoms with Crippen LogP contribution in [0, 0.1) is 21.4 Å². The first kappa shape index (κ1) is 20.9. The normalized spacial score (nSPS) is 15.8. The van der Waals surface area contributed by atoms with Gasteiger partial charge in [-0.05, 0) is 11.6 Å². The summed E-state index contributed by atoms with van der Waals surface area (Å²) in [4.78, 5) is 12.6. The number of nitriles is 1. The Morgan fingerprint density at radius 1 is 1.41 bits per heavy atom. The molecule has 1 fully saturated rings. The molecule has 1 N–H and O–H groups in total. The minimum Gasteiger partial charge on any atom is -0.314 e. The molecule has 1 saturated heterocycles. The van der Waals surface area contributed by atoms with Crippen molar-refractivity contribution in [2.45, 2.75) is 12.5 Å². The van der Waals surface area contributed by atoms with E-state index in [1.54, 1.807) is 0 Å². The van der Waals surface area contributed by atoms with Crippen LogP contribution in [0.15, 0.2) is 18.2 Å². The number of nitrogens with zero attached hydrogens (tertiary/aromatic N) is 3. The average molecular weight is 368 g/mol. The number of benzene rings is 1. The number of non-ortho nitro benzene ring substituents is 1. The van der Waals surface area contributed by atoms with Crippen LogP contribution >= 0.6 is 36.4 Å². The van der Waals surface area contributed by atoms with Gasteiger partial charge in [0.2, 0.25) is 0 Å². The molecule has 0 aromatic heterocycles. The molecule has 1 aromatic carbocycles. The summed E-state index contributed by atoms with van der Waals surface area (Å²) in [6.07, 6.45) is 0.265. The van der Waals surface area contributed by atoms with E-state index in [-0.39, 0.29) is 43.0 Å². The lowest BCUT2D eigenvalue weighted by atomic mass is 10.0. The van der Waals surface area contributed by atoms with Gasteiger partial charge in [0.25, 0.3) is 5.69 Å². The van der Waals surface area contributed by atoms with Crippen molar-refractivity contribution in [3.8, 4) is 6.07 Å². The number of hydrogen-bond acceptors (Lipinski definition) is 5. The highest BCUT2D eigenvalue weighted by Gasteiger charge is 2.25. The molecule has 1 atom stereocenters. The molecule has 6 nitrogen and oxygen atoms in total. The Morgan fingerprint density at radius 3 is 2.59 bits per heavy atom. The van der Waals surface area contributed by atoms with E-state index in [0.29, 0.717) is 10.6 Å². The summed E-state index contributed by atoms with van der Waals surface area (Å²) < 4.78 is 0. The van der Waals surface area contributed by atoms with Gasteiger partial charge in [-0.15, -0.1) is 24.8 Å². The van der Waals surface area contributed by atoms with Crippen LogP contribution in [0.1, 0.15) is 18.0 Å². The van der Waals surface area contributed by atoms with Crippen LogP contribution in [0.25, 0.3) is 0 Å². The van der Waals surface area contributed by atoms with Crippen LogP contribution in [0.3, 0.4) is 0 Å². The van der Waals surface area contributed by atoms with Crippen molar-refractivity contribution >= 4 is 42.1 Å². The van der Waals surface area contributed by atoms with Crippen LogP contribution in [0.4, 0.5) is 5.69 Å². The van der Waals surface area contributed by atoms with Crippen molar-refractivity contribution in [3.05, 3.63) is 38.9 Å². The maximum Gasteiger partial charge on any atom is 0.269 e. The Bertz CT molecular complexity index is 545. The number of nitrogens with one attached hydrogen (secondary N) is 1. The number of nitro groups is 1. The lowest BCUT2D eigenvalue weighted by Crippen LogP contribution is -2.45. The molecule has 122 valence electrons. The molecule has 0 unspecified atom stereocenters. The summed E-state index contributed by atoms with van der Waals surface area (Å²) in [5, 5.41) is 23.6. The van der Waals surface area contributed by atoms with E-state index in [9.17, 15) is 10.1 Å². The predicted molar refractivity (Wildman–Crippen MR) is 90.0 cm³/mol. The van der Waals surface area contributed by atoms with Gasteiger partial charge in [0.1, 0.15) is 0 Å². The molecule has 0 spiro atoms. The minimum atomic E-state index is -0.443. The highest BCUT2D eigenvalue weighted by atomic mass is 35.5. The highest BCUT2D eigenvalue weighted by Crippen LogP contribution is 2.33. The monoisotopic (exact) mass is 366 g/mol. The average Bonchev–Trinajstić information content (AvgIpc) is 2.46. The molecule has 1 aliphatic rings. The van der Waals surface area contributed by atoms with Gasteiger partial charge in [-0.25, -0.2) is 0 Å². The SMILES string of the molecule is Cl.Cl.N#CC[C@H](c1cc([N+](=O)[O-])ccc1Cl)N1CCNCC1. The van der Waals surface area contributed by atoms with Gasteiger partial charge in [-0.3, -0.25) is 15.0 Å². The fraction of sp³-hybridized carbons (Fsp3) is 0.462. The molecule has 0 saturated carbocycles. The first-order valence-electron chi connectivity index (χ1n) is 6.39. The molecular weight excluding hydrogens is 351 g/mol. The second-order valence-corrected chi connectivity index (χ2v) is 5.03. The van der Waals surface area contributed by atoms with Crippen LogP contribution in [-0.4, -0.2) is 36.0 Å². The zero-order valence-corrected chi connectivity index (χ0v) is 14.1. The zero-order chi connectivity index (χ0) is 14.5. The molecule has 1 aliphatic heterocycles. The second kappa shape index (κ2) is 9.82. The smallest absolute Gasteiger partial charge is 0.269 e. The molecule has 2 rings (SSSR count). The molecule has 1 heterocycles. The van der Waals surface area contributed by atoms with Gasteiger partial charge < -0.3 is 5.32 Å². The molecule has 1 aromatic rings. The summed E-state index contributed by atoms with van der Waals surface area (Å²) in [7, 11) is 0. The second-order valence-electron chi connectivity index (χ2n) is 4.63. The largest absolute Gasteiger partial charge is 0.314 e. The van der Waals surface area contributed by atoms with Crippen molar-refractivity contribution in [3.63, 3.8) is 0 Å². The molecule has 0 amide bonds. The van der Waals surface area contributed by atoms with Crippen LogP contribution in [0.5, 0.6) is 0 Å². The molecular formula is C13H17Cl3N4O2. The van der Waals surface area contributed by atoms with Gasteiger partial charge in [-0.1, -0.05) is 11.6 Å². The van der Waals surface area contributed by atoms with Crippen molar-refractivity contribution < 1.29 is 4.92 Å². The fourth-order valence-electron chi connectivity index (χ4n) is 2.42. The third-order valence-corrected chi connectivity index (χ3v) is 3.77. The van der Waals surface area contributed by atoms with Gasteiger partial charge >= 0.3 is 0 Å². The standard InChI is InChI=1S/C13H15ClN4O2.2ClH/c14-12-2-1-10(18(19)20)9-11(12)13(3-4-15)17-7-5-16-6-8-17;;/h1-2,9,13,16H,3,5-8H2;2*1H/t13-;;/m1../s1. The summed E-state index contributed by atoms with van der Waals surface area (Å²) in [5.41, 5.74) is 0.659. The van der Waals surface area contributed by atoms with E-state index < -0.39 is 4.92 Å². The van der Waals surface area contributed by atoms with Gasteiger partial charge in [0.15, 0.2) is 0 Å². The Balaban J connectivity index is 0.00000220. The number of piperazine rings is 1. The predicted octanol–water partition coefficient (Wildman–Crippen LogP) is 2.95. The number of nitro benzene ring substituents is 1. The number of hydrogen-bond donors (Lipinski definition) is 1. The van der Waals surface area contributed by atoms with Crippen LogP contribution in [0.2, 0.25) is 5.02 Å². The van der Waals surface area contributed by atoms with E-state index in [1.807, 2.05) is 0 Å². The van der Waals surface area contributed by atoms with Gasteiger partial charge in [-0.2, -0.15) is 5.26 Å². The van der Waals surface area contributed by atoms with Crippen molar-refractivity contribution in [1.82, 2.24) is 10.2 Å². The van der Waals surface area contributed by atoms with Gasteiger partial charge in [0, 0.05) is 49.4 Å². The third kappa shape index (κ3) is 4.97. The van der Waals surface area contributed by atoms with Crippen LogP contribution < -0.4 is 5.32 Å². The number of halogens is 3. The van der Waals surface area contributed by atoms with Gasteiger partial charge in [0.05, 0.1) is 17.4 Å². The quantitative estimate of drug-likeness (QED) is 0.653. The van der Waals surface area contributed by atoms with E-state index in [2.05, 4.69) is 16.3 Å². The molecule has 9 heteroatoms. The Morgan fingerprint density at radius 2 is 2.05 bits per heavy atom. The molecule has 0 bridgehead atoms. The third-order valence-electron chi connectivity index (χ3n) is 3.43. The van der Waals surface area contributed by atoms with E-state index in [0.717, 1.165) is 26.2 Å². The van der Waals surface area contributed by atoms with Crippen molar-refractivity contribution in [2.24, 2.45) is 0 Å². The fourth-order valence-corrected chi connectivity index (χ4v) is 2.66. The minimum absolute atomic E-state index is 0. The molecule has 0 aliphatic carbocycles. The van der Waals surface area contributed by atoms with Crippen molar-refractivity contribution in [2.75, 3.05) is 26.2 Å². The Hall–Kier alpha value is -1.10. The highest BCUT2D eigenvalue weighted by molar-refractivity contribution is 6.31. The van der Waals surface area contributed by atoms with E-state index in [4.69, 9.17) is 16.9 Å². The molecule has 0 radical (unpaired) electrons. The van der Waals surface area contributed by atoms with Crippen molar-refractivity contribution in [1.29, 1.82) is 5.26 Å². The summed E-state index contributed by atoms with van der Waals surface area (Å²) >= 11 is 6.18. The first-order chi connectivity index (χ1) is 9.63. The summed E-state index contributed by atoms with van der Waals surface area (Å²) in [5.74, 6) is 0. The summed E-state index contributed by atoms with van der Waals surface area (Å²) in [6, 6.07) is 6.34. The number of rotatable bonds is 4. The van der Waals surface area contributed by atoms with E-state index >= 15 is 0 Å². The topological polar surface area (TPSA) is 82.2 Å². The van der Waals surface area contributed by atoms with E-state index in [1.165, 1.54) is 18.2 Å². The zero-order valence-electron chi connectivity index (χ0n) is 11.7. The summed E-state index contributed by atoms with van der Waals surface area (Å²) in [6.45, 7) is 3.28. The maximum absolute atomic E-state index is 10.9. The molecule has 22 heavy (non-hydrogen) atoms.